The fraction of sp³-hybridized carbons (Fsp3) is 0.308. The maximum absolute atomic E-state index is 6.00. The van der Waals surface area contributed by atoms with Crippen molar-refractivity contribution in [3.05, 3.63) is 35.9 Å². The minimum Gasteiger partial charge on any atom is -0.369 e. The highest BCUT2D eigenvalue weighted by molar-refractivity contribution is 5.81. The Labute approximate surface area is 110 Å². The van der Waals surface area contributed by atoms with Gasteiger partial charge in [-0.25, -0.2) is 9.97 Å². The van der Waals surface area contributed by atoms with Gasteiger partial charge in [-0.2, -0.15) is 5.10 Å². The standard InChI is InChI=1S/C13H16N6/c1-9-4-3-5-10-12(9)16-13(14)19(10)7-6-11-15-8-18(2)17-11/h3-5,8H,6-7H2,1-2H3,(H2,14,16). The third-order valence-electron chi connectivity index (χ3n) is 3.22. The van der Waals surface area contributed by atoms with Crippen LogP contribution in [0.15, 0.2) is 24.5 Å². The Kier molecular flexibility index (Phi) is 2.70. The molecule has 0 amide bonds. The van der Waals surface area contributed by atoms with Crippen molar-refractivity contribution in [2.75, 3.05) is 5.73 Å². The van der Waals surface area contributed by atoms with Gasteiger partial charge in [0.25, 0.3) is 0 Å². The predicted molar refractivity (Wildman–Crippen MR) is 73.6 cm³/mol. The van der Waals surface area contributed by atoms with E-state index in [0.717, 1.165) is 35.4 Å². The quantitative estimate of drug-likeness (QED) is 0.766. The van der Waals surface area contributed by atoms with Crippen LogP contribution in [0.3, 0.4) is 0 Å². The lowest BCUT2D eigenvalue weighted by molar-refractivity contribution is 0.677. The molecule has 2 heterocycles. The highest BCUT2D eigenvalue weighted by atomic mass is 15.3. The molecule has 0 bridgehead atoms. The lowest BCUT2D eigenvalue weighted by Crippen LogP contribution is -2.06. The molecular weight excluding hydrogens is 240 g/mol. The summed E-state index contributed by atoms with van der Waals surface area (Å²) in [5, 5.41) is 4.27. The van der Waals surface area contributed by atoms with Gasteiger partial charge in [0, 0.05) is 20.0 Å². The van der Waals surface area contributed by atoms with E-state index in [1.54, 1.807) is 11.0 Å². The summed E-state index contributed by atoms with van der Waals surface area (Å²) in [6, 6.07) is 6.10. The fourth-order valence-corrected chi connectivity index (χ4v) is 2.25. The van der Waals surface area contributed by atoms with Crippen LogP contribution in [0.4, 0.5) is 5.95 Å². The number of nitrogen functional groups attached to an aromatic ring is 1. The van der Waals surface area contributed by atoms with Gasteiger partial charge in [0.2, 0.25) is 5.95 Å². The van der Waals surface area contributed by atoms with Gasteiger partial charge in [-0.15, -0.1) is 0 Å². The first kappa shape index (κ1) is 11.7. The second-order valence-electron chi connectivity index (χ2n) is 4.65. The first-order valence-electron chi connectivity index (χ1n) is 6.21. The highest BCUT2D eigenvalue weighted by Crippen LogP contribution is 2.21. The Bertz CT molecular complexity index is 724. The number of rotatable bonds is 3. The molecule has 0 aliphatic heterocycles. The summed E-state index contributed by atoms with van der Waals surface area (Å²) in [5.74, 6) is 1.36. The van der Waals surface area contributed by atoms with Crippen LogP contribution < -0.4 is 5.73 Å². The lowest BCUT2D eigenvalue weighted by atomic mass is 10.2. The summed E-state index contributed by atoms with van der Waals surface area (Å²) in [6.45, 7) is 2.77. The normalized spacial score (nSPS) is 11.3. The first-order valence-corrected chi connectivity index (χ1v) is 6.21. The van der Waals surface area contributed by atoms with Crippen molar-refractivity contribution >= 4 is 17.0 Å². The molecule has 0 radical (unpaired) electrons. The maximum atomic E-state index is 6.00. The van der Waals surface area contributed by atoms with Crippen LogP contribution in [0.2, 0.25) is 0 Å². The van der Waals surface area contributed by atoms with E-state index < -0.39 is 0 Å². The number of benzene rings is 1. The topological polar surface area (TPSA) is 74.5 Å². The molecule has 3 aromatic rings. The molecule has 2 aromatic heterocycles. The van der Waals surface area contributed by atoms with Crippen molar-refractivity contribution < 1.29 is 0 Å². The zero-order valence-corrected chi connectivity index (χ0v) is 11.0. The number of nitrogens with zero attached hydrogens (tertiary/aromatic N) is 5. The minimum atomic E-state index is 0.542. The summed E-state index contributed by atoms with van der Waals surface area (Å²) >= 11 is 0. The van der Waals surface area contributed by atoms with Crippen LogP contribution in [0.5, 0.6) is 0 Å². The third-order valence-corrected chi connectivity index (χ3v) is 3.22. The van der Waals surface area contributed by atoms with E-state index >= 15 is 0 Å². The van der Waals surface area contributed by atoms with Crippen LogP contribution in [0, 0.1) is 6.92 Å². The van der Waals surface area contributed by atoms with E-state index in [2.05, 4.69) is 15.1 Å². The fourth-order valence-electron chi connectivity index (χ4n) is 2.25. The molecule has 0 aliphatic carbocycles. The van der Waals surface area contributed by atoms with Gasteiger partial charge in [-0.05, 0) is 18.6 Å². The molecule has 3 rings (SSSR count). The van der Waals surface area contributed by atoms with Crippen molar-refractivity contribution in [2.24, 2.45) is 7.05 Å². The van der Waals surface area contributed by atoms with Crippen molar-refractivity contribution in [3.8, 4) is 0 Å². The van der Waals surface area contributed by atoms with Crippen molar-refractivity contribution in [1.29, 1.82) is 0 Å². The zero-order valence-electron chi connectivity index (χ0n) is 11.0. The van der Waals surface area contributed by atoms with Crippen LogP contribution in [0.1, 0.15) is 11.4 Å². The van der Waals surface area contributed by atoms with Crippen LogP contribution in [-0.4, -0.2) is 24.3 Å². The van der Waals surface area contributed by atoms with E-state index in [0.29, 0.717) is 5.95 Å². The van der Waals surface area contributed by atoms with Crippen LogP contribution in [0.25, 0.3) is 11.0 Å². The number of hydrogen-bond acceptors (Lipinski definition) is 4. The lowest BCUT2D eigenvalue weighted by Gasteiger charge is -2.04. The summed E-state index contributed by atoms with van der Waals surface area (Å²) in [4.78, 5) is 8.64. The first-order chi connectivity index (χ1) is 9.15. The molecule has 0 spiro atoms. The molecular formula is C13H16N6. The van der Waals surface area contributed by atoms with E-state index in [1.807, 2.05) is 36.7 Å². The number of para-hydroxylation sites is 1. The van der Waals surface area contributed by atoms with Gasteiger partial charge in [-0.3, -0.25) is 4.68 Å². The van der Waals surface area contributed by atoms with E-state index in [4.69, 9.17) is 5.73 Å². The van der Waals surface area contributed by atoms with Gasteiger partial charge in [0.15, 0.2) is 5.82 Å². The molecule has 2 N–H and O–H groups in total. The number of fused-ring (bicyclic) bond motifs is 1. The molecule has 19 heavy (non-hydrogen) atoms. The third kappa shape index (κ3) is 2.05. The van der Waals surface area contributed by atoms with Gasteiger partial charge >= 0.3 is 0 Å². The number of anilines is 1. The minimum absolute atomic E-state index is 0.542. The average Bonchev–Trinajstić information content (AvgIpc) is 2.92. The number of hydrogen-bond donors (Lipinski definition) is 1. The second kappa shape index (κ2) is 4.38. The summed E-state index contributed by atoms with van der Waals surface area (Å²) in [5.41, 5.74) is 9.17. The SMILES string of the molecule is Cc1cccc2c1nc(N)n2CCc1ncn(C)n1. The second-order valence-corrected chi connectivity index (χ2v) is 4.65. The van der Waals surface area contributed by atoms with Crippen molar-refractivity contribution in [2.45, 2.75) is 19.9 Å². The van der Waals surface area contributed by atoms with Crippen LogP contribution in [-0.2, 0) is 20.0 Å². The Morgan fingerprint density at radius 2 is 2.16 bits per heavy atom. The molecule has 0 unspecified atom stereocenters. The molecule has 6 nitrogen and oxygen atoms in total. The van der Waals surface area contributed by atoms with Gasteiger partial charge in [-0.1, -0.05) is 12.1 Å². The molecule has 6 heteroatoms. The Morgan fingerprint density at radius 3 is 2.89 bits per heavy atom. The maximum Gasteiger partial charge on any atom is 0.201 e. The summed E-state index contributed by atoms with van der Waals surface area (Å²) < 4.78 is 3.72. The molecule has 0 atom stereocenters. The smallest absolute Gasteiger partial charge is 0.201 e. The monoisotopic (exact) mass is 256 g/mol. The van der Waals surface area contributed by atoms with Crippen molar-refractivity contribution in [3.63, 3.8) is 0 Å². The van der Waals surface area contributed by atoms with E-state index in [-0.39, 0.29) is 0 Å². The summed E-state index contributed by atoms with van der Waals surface area (Å²) in [7, 11) is 1.86. The molecule has 0 aliphatic rings. The largest absolute Gasteiger partial charge is 0.369 e. The van der Waals surface area contributed by atoms with E-state index in [1.165, 1.54) is 0 Å². The molecule has 0 saturated carbocycles. The average molecular weight is 256 g/mol. The summed E-state index contributed by atoms with van der Waals surface area (Å²) in [6.07, 6.45) is 2.44. The Balaban J connectivity index is 1.92. The molecule has 1 aromatic carbocycles. The van der Waals surface area contributed by atoms with Crippen molar-refractivity contribution in [1.82, 2.24) is 24.3 Å². The molecule has 98 valence electrons. The zero-order chi connectivity index (χ0) is 13.4. The van der Waals surface area contributed by atoms with Crippen LogP contribution >= 0.6 is 0 Å². The van der Waals surface area contributed by atoms with E-state index in [9.17, 15) is 0 Å². The number of imidazole rings is 1. The predicted octanol–water partition coefficient (Wildman–Crippen LogP) is 1.30. The molecule has 0 saturated heterocycles. The Morgan fingerprint density at radius 1 is 1.32 bits per heavy atom. The van der Waals surface area contributed by atoms with Gasteiger partial charge in [0.05, 0.1) is 11.0 Å². The van der Waals surface area contributed by atoms with Gasteiger partial charge < -0.3 is 10.3 Å². The molecule has 0 fully saturated rings. The number of aryl methyl sites for hydroxylation is 4. The highest BCUT2D eigenvalue weighted by Gasteiger charge is 2.10. The van der Waals surface area contributed by atoms with Gasteiger partial charge in [0.1, 0.15) is 6.33 Å². The number of nitrogens with two attached hydrogens (primary N) is 1. The number of aromatic nitrogens is 5. The Hall–Kier alpha value is -2.37.